The number of benzene rings is 1. The largest absolute Gasteiger partial charge is 0.390 e. The van der Waals surface area contributed by atoms with Crippen LogP contribution in [-0.4, -0.2) is 24.9 Å². The summed E-state index contributed by atoms with van der Waals surface area (Å²) < 4.78 is 0. The smallest absolute Gasteiger partial charge is 0.145 e. The van der Waals surface area contributed by atoms with E-state index in [2.05, 4.69) is 36.1 Å². The number of oxime groups is 1. The summed E-state index contributed by atoms with van der Waals surface area (Å²) in [4.78, 5) is 5.41. The maximum absolute atomic E-state index is 5.41. The fourth-order valence-corrected chi connectivity index (χ4v) is 1.94. The molecule has 0 saturated carbocycles. The molecule has 0 unspecified atom stereocenters. The van der Waals surface area contributed by atoms with E-state index in [1.807, 2.05) is 18.2 Å². The monoisotopic (exact) mass is 230 g/mol. The molecular formula is C14H18N2O. The summed E-state index contributed by atoms with van der Waals surface area (Å²) in [6.07, 6.45) is 2.86. The molecule has 0 bridgehead atoms. The van der Waals surface area contributed by atoms with Crippen LogP contribution in [-0.2, 0) is 4.84 Å². The molecule has 0 aromatic heterocycles. The van der Waals surface area contributed by atoms with Gasteiger partial charge in [-0.15, -0.1) is 6.58 Å². The van der Waals surface area contributed by atoms with Gasteiger partial charge in [0.25, 0.3) is 0 Å². The zero-order chi connectivity index (χ0) is 12.1. The van der Waals surface area contributed by atoms with Gasteiger partial charge in [-0.25, -0.2) is 0 Å². The molecule has 17 heavy (non-hydrogen) atoms. The van der Waals surface area contributed by atoms with E-state index in [4.69, 9.17) is 4.84 Å². The van der Waals surface area contributed by atoms with Crippen LogP contribution in [0.3, 0.4) is 0 Å². The molecule has 0 saturated heterocycles. The highest BCUT2D eigenvalue weighted by Gasteiger charge is 2.22. The van der Waals surface area contributed by atoms with Crippen LogP contribution in [0.15, 0.2) is 42.1 Å². The molecule has 0 radical (unpaired) electrons. The highest BCUT2D eigenvalue weighted by Crippen LogP contribution is 2.18. The Kier molecular flexibility index (Phi) is 3.94. The van der Waals surface area contributed by atoms with Crippen molar-refractivity contribution in [2.45, 2.75) is 19.4 Å². The number of hydrogen-bond donors (Lipinski definition) is 1. The minimum Gasteiger partial charge on any atom is -0.390 e. The molecule has 90 valence electrons. The third-order valence-electron chi connectivity index (χ3n) is 2.85. The molecule has 3 nitrogen and oxygen atoms in total. The zero-order valence-corrected chi connectivity index (χ0v) is 10.1. The molecule has 0 fully saturated rings. The zero-order valence-electron chi connectivity index (χ0n) is 10.1. The van der Waals surface area contributed by atoms with Gasteiger partial charge in [-0.2, -0.15) is 0 Å². The molecule has 1 aliphatic heterocycles. The summed E-state index contributed by atoms with van der Waals surface area (Å²) in [5.74, 6) is 0. The van der Waals surface area contributed by atoms with Crippen molar-refractivity contribution in [1.82, 2.24) is 5.32 Å². The summed E-state index contributed by atoms with van der Waals surface area (Å²) in [6, 6.07) is 8.27. The fourth-order valence-electron chi connectivity index (χ4n) is 1.94. The van der Waals surface area contributed by atoms with Gasteiger partial charge in [0.1, 0.15) is 6.10 Å². The highest BCUT2D eigenvalue weighted by atomic mass is 16.6. The van der Waals surface area contributed by atoms with Gasteiger partial charge >= 0.3 is 0 Å². The molecule has 1 aromatic carbocycles. The second kappa shape index (κ2) is 5.64. The molecule has 1 aliphatic rings. The van der Waals surface area contributed by atoms with E-state index >= 15 is 0 Å². The summed E-state index contributed by atoms with van der Waals surface area (Å²) in [6.45, 7) is 7.38. The number of aryl methyl sites for hydroxylation is 1. The van der Waals surface area contributed by atoms with Crippen LogP contribution in [0.1, 0.15) is 17.5 Å². The van der Waals surface area contributed by atoms with Crippen molar-refractivity contribution in [3.63, 3.8) is 0 Å². The fraction of sp³-hybridized carbons (Fsp3) is 0.357. The van der Waals surface area contributed by atoms with Crippen LogP contribution in [0.25, 0.3) is 0 Å². The first-order valence-corrected chi connectivity index (χ1v) is 5.91. The van der Waals surface area contributed by atoms with Crippen LogP contribution in [0.4, 0.5) is 0 Å². The Balaban J connectivity index is 1.93. The Labute approximate surface area is 102 Å². The van der Waals surface area contributed by atoms with Crippen LogP contribution in [0, 0.1) is 6.92 Å². The van der Waals surface area contributed by atoms with Gasteiger partial charge in [-0.05, 0) is 12.5 Å². The lowest BCUT2D eigenvalue weighted by Gasteiger charge is -2.08. The van der Waals surface area contributed by atoms with E-state index in [0.717, 1.165) is 25.2 Å². The number of nitrogens with zero attached hydrogens (tertiary/aromatic N) is 1. The summed E-state index contributed by atoms with van der Waals surface area (Å²) in [5, 5.41) is 7.43. The third kappa shape index (κ3) is 2.94. The van der Waals surface area contributed by atoms with Gasteiger partial charge in [0.05, 0.1) is 5.71 Å². The molecule has 0 amide bonds. The first-order chi connectivity index (χ1) is 8.31. The van der Waals surface area contributed by atoms with Crippen molar-refractivity contribution in [2.75, 3.05) is 13.1 Å². The Morgan fingerprint density at radius 1 is 1.53 bits per heavy atom. The summed E-state index contributed by atoms with van der Waals surface area (Å²) >= 11 is 0. The number of nitrogens with one attached hydrogen (secondary N) is 1. The average molecular weight is 230 g/mol. The van der Waals surface area contributed by atoms with E-state index in [0.29, 0.717) is 0 Å². The van der Waals surface area contributed by atoms with E-state index in [1.165, 1.54) is 11.1 Å². The summed E-state index contributed by atoms with van der Waals surface area (Å²) in [7, 11) is 0. The molecule has 1 aromatic rings. The third-order valence-corrected chi connectivity index (χ3v) is 2.85. The molecule has 1 atom stereocenters. The highest BCUT2D eigenvalue weighted by molar-refractivity contribution is 6.02. The molecule has 2 rings (SSSR count). The Bertz CT molecular complexity index is 426. The van der Waals surface area contributed by atoms with Crippen LogP contribution >= 0.6 is 0 Å². The van der Waals surface area contributed by atoms with Crippen molar-refractivity contribution < 1.29 is 4.84 Å². The Morgan fingerprint density at radius 2 is 2.35 bits per heavy atom. The van der Waals surface area contributed by atoms with E-state index < -0.39 is 0 Å². The van der Waals surface area contributed by atoms with Crippen molar-refractivity contribution in [2.24, 2.45) is 5.16 Å². The lowest BCUT2D eigenvalue weighted by molar-refractivity contribution is 0.0859. The van der Waals surface area contributed by atoms with Gasteiger partial charge in [-0.3, -0.25) is 0 Å². The standard InChI is InChI=1S/C14H18N2O/c1-3-8-15-10-12-9-14(16-17-12)13-7-5-4-6-11(13)2/h3-7,12,15H,1,8-10H2,2H3/t12-/m0/s1. The second-order valence-corrected chi connectivity index (χ2v) is 4.23. The molecular weight excluding hydrogens is 212 g/mol. The van der Waals surface area contributed by atoms with Crippen molar-refractivity contribution in [1.29, 1.82) is 0 Å². The van der Waals surface area contributed by atoms with Gasteiger partial charge in [0.2, 0.25) is 0 Å². The van der Waals surface area contributed by atoms with E-state index in [1.54, 1.807) is 0 Å². The first-order valence-electron chi connectivity index (χ1n) is 5.91. The molecule has 0 aliphatic carbocycles. The average Bonchev–Trinajstić information content (AvgIpc) is 2.79. The van der Waals surface area contributed by atoms with Crippen molar-refractivity contribution in [3.8, 4) is 0 Å². The Hall–Kier alpha value is -1.61. The predicted molar refractivity (Wildman–Crippen MR) is 70.3 cm³/mol. The first kappa shape index (κ1) is 11.9. The quantitative estimate of drug-likeness (QED) is 0.622. The SMILES string of the molecule is C=CCNC[C@@H]1CC(c2ccccc2C)=NO1. The maximum atomic E-state index is 5.41. The lowest BCUT2D eigenvalue weighted by atomic mass is 10.0. The maximum Gasteiger partial charge on any atom is 0.145 e. The minimum absolute atomic E-state index is 0.143. The van der Waals surface area contributed by atoms with Gasteiger partial charge < -0.3 is 10.2 Å². The predicted octanol–water partition coefficient (Wildman–Crippen LogP) is 2.26. The van der Waals surface area contributed by atoms with Crippen molar-refractivity contribution >= 4 is 5.71 Å². The van der Waals surface area contributed by atoms with Gasteiger partial charge in [-0.1, -0.05) is 35.5 Å². The van der Waals surface area contributed by atoms with Crippen LogP contribution < -0.4 is 5.32 Å². The molecule has 1 N–H and O–H groups in total. The van der Waals surface area contributed by atoms with Crippen LogP contribution in [0.5, 0.6) is 0 Å². The second-order valence-electron chi connectivity index (χ2n) is 4.23. The van der Waals surface area contributed by atoms with Gasteiger partial charge in [0.15, 0.2) is 0 Å². The topological polar surface area (TPSA) is 33.6 Å². The Morgan fingerprint density at radius 3 is 3.12 bits per heavy atom. The summed E-state index contributed by atoms with van der Waals surface area (Å²) in [5.41, 5.74) is 3.49. The normalized spacial score (nSPS) is 18.6. The molecule has 3 heteroatoms. The van der Waals surface area contributed by atoms with Crippen molar-refractivity contribution in [3.05, 3.63) is 48.0 Å². The number of hydrogen-bond acceptors (Lipinski definition) is 3. The lowest BCUT2D eigenvalue weighted by Crippen LogP contribution is -2.27. The number of rotatable bonds is 5. The van der Waals surface area contributed by atoms with Gasteiger partial charge in [0, 0.05) is 25.1 Å². The van der Waals surface area contributed by atoms with E-state index in [-0.39, 0.29) is 6.10 Å². The van der Waals surface area contributed by atoms with Crippen LogP contribution in [0.2, 0.25) is 0 Å². The molecule has 0 spiro atoms. The molecule has 1 heterocycles. The van der Waals surface area contributed by atoms with E-state index in [9.17, 15) is 0 Å². The minimum atomic E-state index is 0.143.